The van der Waals surface area contributed by atoms with E-state index in [-0.39, 0.29) is 17.2 Å². The van der Waals surface area contributed by atoms with E-state index in [0.29, 0.717) is 13.0 Å². The van der Waals surface area contributed by atoms with Gasteiger partial charge < -0.3 is 5.32 Å². The predicted octanol–water partition coefficient (Wildman–Crippen LogP) is 4.01. The van der Waals surface area contributed by atoms with E-state index >= 15 is 0 Å². The summed E-state index contributed by atoms with van der Waals surface area (Å²) in [6.07, 6.45) is 7.37. The standard InChI is InChI=1S/C20H17FN4O3S/c21-16-5-3-15(18(12-16)25(27)28)4-6-19(26)23-9-1-2-20-24-17(13-29-20)14-7-10-22-11-8-14/h3-8,10-13H,1-2,9H2,(H,23,26). The number of nitrogens with zero attached hydrogens (tertiary/aromatic N) is 3. The number of nitrogens with one attached hydrogen (secondary N) is 1. The van der Waals surface area contributed by atoms with Gasteiger partial charge in [0.15, 0.2) is 0 Å². The second-order valence-corrected chi connectivity index (χ2v) is 6.99. The Hall–Kier alpha value is -3.46. The fourth-order valence-electron chi connectivity index (χ4n) is 2.57. The van der Waals surface area contributed by atoms with Crippen molar-refractivity contribution in [1.29, 1.82) is 0 Å². The zero-order valence-electron chi connectivity index (χ0n) is 15.2. The molecule has 3 rings (SSSR count). The number of nitro benzene ring substituents is 1. The van der Waals surface area contributed by atoms with Crippen LogP contribution < -0.4 is 5.32 Å². The van der Waals surface area contributed by atoms with Crippen LogP contribution in [0, 0.1) is 15.9 Å². The summed E-state index contributed by atoms with van der Waals surface area (Å²) in [4.78, 5) is 30.7. The summed E-state index contributed by atoms with van der Waals surface area (Å²) in [6.45, 7) is 0.443. The quantitative estimate of drug-likeness (QED) is 0.261. The fraction of sp³-hybridized carbons (Fsp3) is 0.150. The highest BCUT2D eigenvalue weighted by Gasteiger charge is 2.12. The summed E-state index contributed by atoms with van der Waals surface area (Å²) in [5.41, 5.74) is 1.69. The number of benzene rings is 1. The third kappa shape index (κ3) is 5.76. The molecule has 0 aliphatic rings. The maximum atomic E-state index is 13.1. The van der Waals surface area contributed by atoms with Gasteiger partial charge in [-0.1, -0.05) is 0 Å². The van der Waals surface area contributed by atoms with Gasteiger partial charge in [-0.25, -0.2) is 9.37 Å². The van der Waals surface area contributed by atoms with Crippen LogP contribution in [0.3, 0.4) is 0 Å². The van der Waals surface area contributed by atoms with E-state index in [9.17, 15) is 19.3 Å². The van der Waals surface area contributed by atoms with E-state index in [0.717, 1.165) is 34.8 Å². The molecule has 148 valence electrons. The molecule has 0 bridgehead atoms. The monoisotopic (exact) mass is 412 g/mol. The molecule has 2 heterocycles. The molecule has 29 heavy (non-hydrogen) atoms. The average Bonchev–Trinajstić information content (AvgIpc) is 3.20. The molecular weight excluding hydrogens is 395 g/mol. The first-order chi connectivity index (χ1) is 14.0. The van der Waals surface area contributed by atoms with Crippen LogP contribution in [0.1, 0.15) is 17.0 Å². The Kier molecular flexibility index (Phi) is 6.75. The van der Waals surface area contributed by atoms with Crippen LogP contribution in [0.25, 0.3) is 17.3 Å². The number of rotatable bonds is 8. The Balaban J connectivity index is 1.47. The minimum absolute atomic E-state index is 0.165. The summed E-state index contributed by atoms with van der Waals surface area (Å²) in [5.74, 6) is -1.08. The van der Waals surface area contributed by atoms with Crippen LogP contribution in [0.15, 0.2) is 54.2 Å². The number of pyridine rings is 1. The lowest BCUT2D eigenvalue weighted by Gasteiger charge is -2.01. The molecule has 0 radical (unpaired) electrons. The number of nitro groups is 1. The van der Waals surface area contributed by atoms with E-state index in [2.05, 4.69) is 15.3 Å². The van der Waals surface area contributed by atoms with Gasteiger partial charge in [-0.3, -0.25) is 19.9 Å². The van der Waals surface area contributed by atoms with Crippen molar-refractivity contribution in [2.75, 3.05) is 6.54 Å². The van der Waals surface area contributed by atoms with Crippen LogP contribution in [0.5, 0.6) is 0 Å². The Morgan fingerprint density at radius 3 is 2.83 bits per heavy atom. The summed E-state index contributed by atoms with van der Waals surface area (Å²) in [6, 6.07) is 7.00. The minimum Gasteiger partial charge on any atom is -0.353 e. The van der Waals surface area contributed by atoms with Gasteiger partial charge in [0.2, 0.25) is 5.91 Å². The molecule has 1 N–H and O–H groups in total. The van der Waals surface area contributed by atoms with Crippen molar-refractivity contribution in [3.63, 3.8) is 0 Å². The second kappa shape index (κ2) is 9.65. The number of aryl methyl sites for hydroxylation is 1. The lowest BCUT2D eigenvalue weighted by molar-refractivity contribution is -0.385. The van der Waals surface area contributed by atoms with Crippen LogP contribution in [0.4, 0.5) is 10.1 Å². The number of carbonyl (C=O) groups excluding carboxylic acids is 1. The van der Waals surface area contributed by atoms with Gasteiger partial charge in [0.05, 0.1) is 27.3 Å². The number of halogens is 1. The number of aromatic nitrogens is 2. The molecule has 0 saturated heterocycles. The first-order valence-electron chi connectivity index (χ1n) is 8.77. The molecule has 2 aromatic heterocycles. The number of carbonyl (C=O) groups is 1. The Morgan fingerprint density at radius 2 is 2.07 bits per heavy atom. The molecule has 1 aromatic carbocycles. The van der Waals surface area contributed by atoms with Crippen molar-refractivity contribution in [2.45, 2.75) is 12.8 Å². The molecule has 7 nitrogen and oxygen atoms in total. The Morgan fingerprint density at radius 1 is 1.28 bits per heavy atom. The summed E-state index contributed by atoms with van der Waals surface area (Å²) in [5, 5.41) is 16.6. The van der Waals surface area contributed by atoms with Gasteiger partial charge in [0.1, 0.15) is 5.82 Å². The first-order valence-corrected chi connectivity index (χ1v) is 9.65. The van der Waals surface area contributed by atoms with Crippen molar-refractivity contribution in [3.05, 3.63) is 80.7 Å². The summed E-state index contributed by atoms with van der Waals surface area (Å²) < 4.78 is 13.1. The van der Waals surface area contributed by atoms with E-state index in [1.807, 2.05) is 17.5 Å². The molecule has 0 aliphatic carbocycles. The lowest BCUT2D eigenvalue weighted by atomic mass is 10.1. The predicted molar refractivity (Wildman–Crippen MR) is 109 cm³/mol. The van der Waals surface area contributed by atoms with Crippen LogP contribution in [-0.4, -0.2) is 27.3 Å². The van der Waals surface area contributed by atoms with E-state index in [1.165, 1.54) is 18.2 Å². The van der Waals surface area contributed by atoms with E-state index < -0.39 is 10.7 Å². The normalized spacial score (nSPS) is 10.9. The van der Waals surface area contributed by atoms with Gasteiger partial charge in [-0.2, -0.15) is 0 Å². The van der Waals surface area contributed by atoms with Crippen molar-refractivity contribution >= 4 is 29.0 Å². The largest absolute Gasteiger partial charge is 0.353 e. The summed E-state index contributed by atoms with van der Waals surface area (Å²) >= 11 is 1.56. The molecule has 0 fully saturated rings. The highest BCUT2D eigenvalue weighted by Crippen LogP contribution is 2.22. The smallest absolute Gasteiger partial charge is 0.279 e. The van der Waals surface area contributed by atoms with Gasteiger partial charge >= 0.3 is 0 Å². The van der Waals surface area contributed by atoms with Crippen molar-refractivity contribution in [1.82, 2.24) is 15.3 Å². The fourth-order valence-corrected chi connectivity index (χ4v) is 3.42. The Labute approximate surface area is 170 Å². The second-order valence-electron chi connectivity index (χ2n) is 6.05. The third-order valence-electron chi connectivity index (χ3n) is 4.00. The zero-order valence-corrected chi connectivity index (χ0v) is 16.1. The van der Waals surface area contributed by atoms with Crippen LogP contribution in [0.2, 0.25) is 0 Å². The average molecular weight is 412 g/mol. The maximum absolute atomic E-state index is 13.1. The highest BCUT2D eigenvalue weighted by molar-refractivity contribution is 7.09. The molecule has 3 aromatic rings. The van der Waals surface area contributed by atoms with E-state index in [1.54, 1.807) is 23.7 Å². The number of amides is 1. The molecule has 0 spiro atoms. The molecule has 0 unspecified atom stereocenters. The van der Waals surface area contributed by atoms with E-state index in [4.69, 9.17) is 0 Å². The molecule has 0 aliphatic heterocycles. The number of hydrogen-bond donors (Lipinski definition) is 1. The molecule has 1 amide bonds. The van der Waals surface area contributed by atoms with Crippen molar-refractivity contribution in [3.8, 4) is 11.3 Å². The SMILES string of the molecule is O=C(C=Cc1ccc(F)cc1[N+](=O)[O-])NCCCc1nc(-c2ccncc2)cs1. The lowest BCUT2D eigenvalue weighted by Crippen LogP contribution is -2.22. The van der Waals surface area contributed by atoms with Gasteiger partial charge in [0, 0.05) is 42.4 Å². The third-order valence-corrected chi connectivity index (χ3v) is 4.91. The van der Waals surface area contributed by atoms with Crippen LogP contribution >= 0.6 is 11.3 Å². The highest BCUT2D eigenvalue weighted by atomic mass is 32.1. The van der Waals surface area contributed by atoms with Gasteiger partial charge in [-0.15, -0.1) is 11.3 Å². The minimum atomic E-state index is -0.701. The molecule has 9 heteroatoms. The summed E-state index contributed by atoms with van der Waals surface area (Å²) in [7, 11) is 0. The zero-order chi connectivity index (χ0) is 20.6. The topological polar surface area (TPSA) is 98.0 Å². The molecule has 0 atom stereocenters. The van der Waals surface area contributed by atoms with Gasteiger partial charge in [-0.05, 0) is 36.8 Å². The maximum Gasteiger partial charge on any atom is 0.279 e. The van der Waals surface area contributed by atoms with Gasteiger partial charge in [0.25, 0.3) is 5.69 Å². The first kappa shape index (κ1) is 20.3. The molecule has 0 saturated carbocycles. The Bertz CT molecular complexity index is 1040. The van der Waals surface area contributed by atoms with Crippen LogP contribution in [-0.2, 0) is 11.2 Å². The number of thiazole rings is 1. The number of hydrogen-bond acceptors (Lipinski definition) is 6. The molecular formula is C20H17FN4O3S. The van der Waals surface area contributed by atoms with Crippen molar-refractivity contribution < 1.29 is 14.1 Å². The van der Waals surface area contributed by atoms with Crippen molar-refractivity contribution in [2.24, 2.45) is 0 Å².